The molecule has 1 heterocycles. The Labute approximate surface area is 118 Å². The summed E-state index contributed by atoms with van der Waals surface area (Å²) in [6.45, 7) is 3.34. The van der Waals surface area contributed by atoms with E-state index in [-0.39, 0.29) is 17.8 Å². The molecule has 0 aliphatic heterocycles. The third kappa shape index (κ3) is 3.98. The highest BCUT2D eigenvalue weighted by Gasteiger charge is 2.04. The van der Waals surface area contributed by atoms with E-state index >= 15 is 0 Å². The Bertz CT molecular complexity index is 607. The van der Waals surface area contributed by atoms with Gasteiger partial charge in [-0.25, -0.2) is 0 Å². The Kier molecular flexibility index (Phi) is 5.39. The molecule has 0 bridgehead atoms. The fourth-order valence-electron chi connectivity index (χ4n) is 1.72. The van der Waals surface area contributed by atoms with Crippen molar-refractivity contribution in [2.45, 2.75) is 6.92 Å². The molecule has 0 amide bonds. The lowest BCUT2D eigenvalue weighted by Gasteiger charge is -2.09. The SMILES string of the molecule is Cc1cc(=O)c2ccc(OCC[NH+](C)C)cc2o1.[Cl-]. The zero-order chi connectivity index (χ0) is 13.1. The molecular formula is C14H18ClNO3. The third-order valence-corrected chi connectivity index (χ3v) is 2.69. The molecule has 0 unspecified atom stereocenters. The van der Waals surface area contributed by atoms with Gasteiger partial charge in [0.15, 0.2) is 5.43 Å². The number of likely N-dealkylation sites (N-methyl/N-ethyl adjacent to an activating group) is 1. The van der Waals surface area contributed by atoms with Crippen LogP contribution in [-0.2, 0) is 0 Å². The monoisotopic (exact) mass is 283 g/mol. The number of quaternary nitrogens is 1. The van der Waals surface area contributed by atoms with Crippen molar-refractivity contribution in [3.63, 3.8) is 0 Å². The van der Waals surface area contributed by atoms with Crippen LogP contribution in [-0.4, -0.2) is 27.2 Å². The van der Waals surface area contributed by atoms with Gasteiger partial charge in [0.1, 0.15) is 30.2 Å². The van der Waals surface area contributed by atoms with Crippen LogP contribution in [0.5, 0.6) is 5.75 Å². The van der Waals surface area contributed by atoms with Crippen LogP contribution in [0.3, 0.4) is 0 Å². The lowest BCUT2D eigenvalue weighted by molar-refractivity contribution is -0.858. The molecule has 0 radical (unpaired) electrons. The second-order valence-electron chi connectivity index (χ2n) is 4.68. The van der Waals surface area contributed by atoms with E-state index in [1.165, 1.54) is 11.0 Å². The van der Waals surface area contributed by atoms with E-state index in [4.69, 9.17) is 9.15 Å². The van der Waals surface area contributed by atoms with Gasteiger partial charge in [0, 0.05) is 12.1 Å². The Morgan fingerprint density at radius 1 is 1.26 bits per heavy atom. The lowest BCUT2D eigenvalue weighted by atomic mass is 10.2. The predicted octanol–water partition coefficient (Wildman–Crippen LogP) is -2.37. The van der Waals surface area contributed by atoms with E-state index in [1.807, 2.05) is 0 Å². The van der Waals surface area contributed by atoms with Gasteiger partial charge in [0.05, 0.1) is 19.5 Å². The number of aryl methyl sites for hydroxylation is 1. The van der Waals surface area contributed by atoms with Crippen LogP contribution in [0.4, 0.5) is 0 Å². The smallest absolute Gasteiger partial charge is 0.192 e. The van der Waals surface area contributed by atoms with Gasteiger partial charge in [-0.05, 0) is 19.1 Å². The van der Waals surface area contributed by atoms with Gasteiger partial charge in [-0.3, -0.25) is 4.79 Å². The molecule has 2 aromatic rings. The average Bonchev–Trinajstić information content (AvgIpc) is 2.27. The van der Waals surface area contributed by atoms with Crippen molar-refractivity contribution >= 4 is 11.0 Å². The van der Waals surface area contributed by atoms with Crippen molar-refractivity contribution < 1.29 is 26.5 Å². The van der Waals surface area contributed by atoms with E-state index < -0.39 is 0 Å². The summed E-state index contributed by atoms with van der Waals surface area (Å²) in [7, 11) is 4.15. The summed E-state index contributed by atoms with van der Waals surface area (Å²) in [5.41, 5.74) is 0.563. The minimum Gasteiger partial charge on any atom is -1.00 e. The molecule has 0 atom stereocenters. The highest BCUT2D eigenvalue weighted by atomic mass is 35.5. The summed E-state index contributed by atoms with van der Waals surface area (Å²) in [6, 6.07) is 6.82. The van der Waals surface area contributed by atoms with Crippen LogP contribution >= 0.6 is 0 Å². The average molecular weight is 284 g/mol. The van der Waals surface area contributed by atoms with E-state index in [1.54, 1.807) is 25.1 Å². The molecule has 0 saturated carbocycles. The molecule has 104 valence electrons. The molecule has 0 aliphatic rings. The molecule has 0 fully saturated rings. The largest absolute Gasteiger partial charge is 1.00 e. The number of benzene rings is 1. The van der Waals surface area contributed by atoms with Gasteiger partial charge < -0.3 is 26.5 Å². The second-order valence-corrected chi connectivity index (χ2v) is 4.68. The number of rotatable bonds is 4. The number of fused-ring (bicyclic) bond motifs is 1. The molecule has 0 aliphatic carbocycles. The topological polar surface area (TPSA) is 43.9 Å². The van der Waals surface area contributed by atoms with Crippen molar-refractivity contribution in [3.8, 4) is 5.75 Å². The summed E-state index contributed by atoms with van der Waals surface area (Å²) >= 11 is 0. The maximum atomic E-state index is 11.7. The number of nitrogens with one attached hydrogen (secondary N) is 1. The highest BCUT2D eigenvalue weighted by Crippen LogP contribution is 2.19. The summed E-state index contributed by atoms with van der Waals surface area (Å²) in [4.78, 5) is 13.0. The van der Waals surface area contributed by atoms with Gasteiger partial charge in [-0.15, -0.1) is 0 Å². The summed E-state index contributed by atoms with van der Waals surface area (Å²) in [5.74, 6) is 1.35. The summed E-state index contributed by atoms with van der Waals surface area (Å²) in [6.07, 6.45) is 0. The van der Waals surface area contributed by atoms with Gasteiger partial charge in [0.2, 0.25) is 0 Å². The number of halogens is 1. The fraction of sp³-hybridized carbons (Fsp3) is 0.357. The Morgan fingerprint density at radius 2 is 2.00 bits per heavy atom. The van der Waals surface area contributed by atoms with Gasteiger partial charge in [-0.1, -0.05) is 0 Å². The Balaban J connectivity index is 0.00000180. The standard InChI is InChI=1S/C14H17NO3.ClH/c1-10-8-13(16)12-5-4-11(9-14(12)18-10)17-7-6-15(2)3;/h4-5,8-9H,6-7H2,1-3H3;1H. The minimum atomic E-state index is -0.0157. The van der Waals surface area contributed by atoms with E-state index in [9.17, 15) is 4.79 Å². The highest BCUT2D eigenvalue weighted by molar-refractivity contribution is 5.77. The van der Waals surface area contributed by atoms with Gasteiger partial charge >= 0.3 is 0 Å². The van der Waals surface area contributed by atoms with Crippen LogP contribution in [0.2, 0.25) is 0 Å². The van der Waals surface area contributed by atoms with Crippen LogP contribution in [0.25, 0.3) is 11.0 Å². The summed E-state index contributed by atoms with van der Waals surface area (Å²) < 4.78 is 11.1. The second kappa shape index (κ2) is 6.59. The van der Waals surface area contributed by atoms with E-state index in [0.29, 0.717) is 23.3 Å². The minimum absolute atomic E-state index is 0. The molecule has 5 heteroatoms. The molecule has 1 N–H and O–H groups in total. The van der Waals surface area contributed by atoms with Crippen LogP contribution in [0.1, 0.15) is 5.76 Å². The molecular weight excluding hydrogens is 266 g/mol. The first-order valence-electron chi connectivity index (χ1n) is 6.02. The van der Waals surface area contributed by atoms with Gasteiger partial charge in [0.25, 0.3) is 0 Å². The zero-order valence-corrected chi connectivity index (χ0v) is 12.1. The first kappa shape index (κ1) is 15.5. The quantitative estimate of drug-likeness (QED) is 0.682. The number of hydrogen-bond acceptors (Lipinski definition) is 3. The zero-order valence-electron chi connectivity index (χ0n) is 11.3. The Morgan fingerprint density at radius 3 is 2.68 bits per heavy atom. The first-order chi connectivity index (χ1) is 8.56. The van der Waals surface area contributed by atoms with Crippen molar-refractivity contribution in [1.82, 2.24) is 0 Å². The predicted molar refractivity (Wildman–Crippen MR) is 70.4 cm³/mol. The normalized spacial score (nSPS) is 10.5. The molecule has 1 aromatic heterocycles. The van der Waals surface area contributed by atoms with Crippen molar-refractivity contribution in [2.75, 3.05) is 27.2 Å². The maximum absolute atomic E-state index is 11.7. The molecule has 0 spiro atoms. The molecule has 0 saturated heterocycles. The molecule has 1 aromatic carbocycles. The first-order valence-corrected chi connectivity index (χ1v) is 6.02. The van der Waals surface area contributed by atoms with E-state index in [2.05, 4.69) is 14.1 Å². The maximum Gasteiger partial charge on any atom is 0.192 e. The lowest BCUT2D eigenvalue weighted by Crippen LogP contribution is -3.06. The molecule has 4 nitrogen and oxygen atoms in total. The molecule has 19 heavy (non-hydrogen) atoms. The molecule has 2 rings (SSSR count). The van der Waals surface area contributed by atoms with Crippen LogP contribution < -0.4 is 27.5 Å². The number of ether oxygens (including phenoxy) is 1. The summed E-state index contributed by atoms with van der Waals surface area (Å²) in [5, 5.41) is 0.589. The fourth-order valence-corrected chi connectivity index (χ4v) is 1.72. The van der Waals surface area contributed by atoms with Crippen molar-refractivity contribution in [2.24, 2.45) is 0 Å². The van der Waals surface area contributed by atoms with Crippen LogP contribution in [0.15, 0.2) is 33.5 Å². The van der Waals surface area contributed by atoms with Gasteiger partial charge in [-0.2, -0.15) is 0 Å². The third-order valence-electron chi connectivity index (χ3n) is 2.69. The van der Waals surface area contributed by atoms with E-state index in [0.717, 1.165) is 12.3 Å². The Hall–Kier alpha value is -1.52. The number of hydrogen-bond donors (Lipinski definition) is 1. The van der Waals surface area contributed by atoms with Crippen LogP contribution in [0, 0.1) is 6.92 Å². The van der Waals surface area contributed by atoms with Crippen molar-refractivity contribution in [1.29, 1.82) is 0 Å². The van der Waals surface area contributed by atoms with Crippen molar-refractivity contribution in [3.05, 3.63) is 40.2 Å².